The van der Waals surface area contributed by atoms with E-state index in [1.54, 1.807) is 18.4 Å². The summed E-state index contributed by atoms with van der Waals surface area (Å²) in [4.78, 5) is 4.77. The van der Waals surface area contributed by atoms with Crippen LogP contribution in [0.5, 0.6) is 0 Å². The molecule has 1 heterocycles. The molecule has 104 valence electrons. The molecule has 1 rings (SSSR count). The number of nitrogens with one attached hydrogen (secondary N) is 1. The summed E-state index contributed by atoms with van der Waals surface area (Å²) < 4.78 is 5.55. The first kappa shape index (κ1) is 15.6. The molecule has 1 atom stereocenters. The van der Waals surface area contributed by atoms with Gasteiger partial charge in [-0.3, -0.25) is 0 Å². The van der Waals surface area contributed by atoms with Crippen molar-refractivity contribution >= 4 is 11.3 Å². The van der Waals surface area contributed by atoms with Gasteiger partial charge >= 0.3 is 0 Å². The van der Waals surface area contributed by atoms with E-state index in [9.17, 15) is 0 Å². The third kappa shape index (κ3) is 3.53. The second-order valence-corrected chi connectivity index (χ2v) is 6.81. The number of ether oxygens (including phenoxy) is 1. The number of aromatic nitrogens is 1. The molecule has 0 saturated carbocycles. The molecule has 1 unspecified atom stereocenters. The van der Waals surface area contributed by atoms with E-state index in [1.807, 2.05) is 7.05 Å². The zero-order chi connectivity index (χ0) is 14.0. The molecule has 1 aromatic rings. The van der Waals surface area contributed by atoms with Gasteiger partial charge in [0, 0.05) is 18.9 Å². The molecule has 0 saturated heterocycles. The van der Waals surface area contributed by atoms with Crippen molar-refractivity contribution in [3.63, 3.8) is 0 Å². The van der Waals surface area contributed by atoms with E-state index in [1.165, 1.54) is 5.69 Å². The van der Waals surface area contributed by atoms with Gasteiger partial charge in [-0.2, -0.15) is 0 Å². The summed E-state index contributed by atoms with van der Waals surface area (Å²) in [5.41, 5.74) is 0.866. The van der Waals surface area contributed by atoms with Gasteiger partial charge in [0.2, 0.25) is 0 Å². The summed E-state index contributed by atoms with van der Waals surface area (Å²) in [5.74, 6) is 0.478. The predicted molar refractivity (Wildman–Crippen MR) is 78.3 cm³/mol. The Balaban J connectivity index is 2.99. The van der Waals surface area contributed by atoms with E-state index in [0.29, 0.717) is 5.92 Å². The van der Waals surface area contributed by atoms with Crippen LogP contribution in [-0.4, -0.2) is 24.7 Å². The first-order chi connectivity index (χ1) is 8.24. The Morgan fingerprint density at radius 1 is 1.39 bits per heavy atom. The molecule has 3 nitrogen and oxygen atoms in total. The molecule has 4 heteroatoms. The fraction of sp³-hybridized carbons (Fsp3) is 0.786. The topological polar surface area (TPSA) is 34.1 Å². The van der Waals surface area contributed by atoms with Gasteiger partial charge in [0.25, 0.3) is 0 Å². The normalized spacial score (nSPS) is 16.0. The molecule has 0 aliphatic rings. The smallest absolute Gasteiger partial charge is 0.113 e. The van der Waals surface area contributed by atoms with Crippen molar-refractivity contribution in [1.29, 1.82) is 0 Å². The monoisotopic (exact) mass is 270 g/mol. The van der Waals surface area contributed by atoms with Crippen LogP contribution in [0, 0.1) is 0 Å². The Hall–Kier alpha value is -0.450. The Morgan fingerprint density at radius 3 is 2.39 bits per heavy atom. The molecule has 0 bridgehead atoms. The van der Waals surface area contributed by atoms with E-state index >= 15 is 0 Å². The average Bonchev–Trinajstić information content (AvgIpc) is 2.78. The standard InChI is InChI=1S/C14H26N2OS/c1-10(2)11-8-18-12(16-11)14(5,15-6)9-13(3,4)17-7/h8,10,15H,9H2,1-7H3. The third-order valence-electron chi connectivity index (χ3n) is 3.47. The van der Waals surface area contributed by atoms with Crippen LogP contribution in [0.2, 0.25) is 0 Å². The Bertz CT molecular complexity index is 387. The van der Waals surface area contributed by atoms with Crippen molar-refractivity contribution in [1.82, 2.24) is 10.3 Å². The number of nitrogens with zero attached hydrogens (tertiary/aromatic N) is 1. The maximum absolute atomic E-state index is 5.55. The van der Waals surface area contributed by atoms with Gasteiger partial charge in [-0.15, -0.1) is 11.3 Å². The van der Waals surface area contributed by atoms with Gasteiger partial charge < -0.3 is 10.1 Å². The van der Waals surface area contributed by atoms with Crippen LogP contribution >= 0.6 is 11.3 Å². The van der Waals surface area contributed by atoms with Gasteiger partial charge in [-0.05, 0) is 33.7 Å². The number of hydrogen-bond acceptors (Lipinski definition) is 4. The molecule has 1 N–H and O–H groups in total. The van der Waals surface area contributed by atoms with Crippen LogP contribution in [0.1, 0.15) is 57.7 Å². The quantitative estimate of drug-likeness (QED) is 0.859. The molecule has 0 radical (unpaired) electrons. The van der Waals surface area contributed by atoms with Gasteiger partial charge in [-0.1, -0.05) is 13.8 Å². The van der Waals surface area contributed by atoms with Crippen molar-refractivity contribution in [3.05, 3.63) is 16.1 Å². The van der Waals surface area contributed by atoms with Crippen molar-refractivity contribution in [2.24, 2.45) is 0 Å². The van der Waals surface area contributed by atoms with Gasteiger partial charge in [0.1, 0.15) is 5.01 Å². The summed E-state index contributed by atoms with van der Waals surface area (Å²) in [6, 6.07) is 0. The number of hydrogen-bond donors (Lipinski definition) is 1. The van der Waals surface area contributed by atoms with Crippen molar-refractivity contribution in [2.75, 3.05) is 14.2 Å². The van der Waals surface area contributed by atoms with E-state index < -0.39 is 0 Å². The molecule has 18 heavy (non-hydrogen) atoms. The van der Waals surface area contributed by atoms with E-state index in [2.05, 4.69) is 45.3 Å². The van der Waals surface area contributed by atoms with Crippen molar-refractivity contribution < 1.29 is 4.74 Å². The highest BCUT2D eigenvalue weighted by molar-refractivity contribution is 7.09. The molecule has 0 fully saturated rings. The van der Waals surface area contributed by atoms with Crippen LogP contribution in [0.4, 0.5) is 0 Å². The highest BCUT2D eigenvalue weighted by Crippen LogP contribution is 2.34. The molecule has 0 aromatic carbocycles. The molecule has 0 aliphatic carbocycles. The largest absolute Gasteiger partial charge is 0.379 e. The second kappa shape index (κ2) is 5.68. The molecule has 1 aromatic heterocycles. The number of rotatable bonds is 6. The second-order valence-electron chi connectivity index (χ2n) is 5.95. The molecule has 0 amide bonds. The molecular weight excluding hydrogens is 244 g/mol. The maximum Gasteiger partial charge on any atom is 0.113 e. The fourth-order valence-corrected chi connectivity index (χ4v) is 3.15. The van der Waals surface area contributed by atoms with Crippen LogP contribution in [0.3, 0.4) is 0 Å². The lowest BCUT2D eigenvalue weighted by Crippen LogP contribution is -2.43. The molecular formula is C14H26N2OS. The third-order valence-corrected chi connectivity index (χ3v) is 4.59. The minimum absolute atomic E-state index is 0.142. The summed E-state index contributed by atoms with van der Waals surface area (Å²) in [5, 5.41) is 6.71. The van der Waals surface area contributed by atoms with Crippen molar-refractivity contribution in [3.8, 4) is 0 Å². The highest BCUT2D eigenvalue weighted by atomic mass is 32.1. The minimum atomic E-state index is -0.165. The predicted octanol–water partition coefficient (Wildman–Crippen LogP) is 3.52. The summed E-state index contributed by atoms with van der Waals surface area (Å²) >= 11 is 1.73. The lowest BCUT2D eigenvalue weighted by Gasteiger charge is -2.35. The van der Waals surface area contributed by atoms with Gasteiger partial charge in [0.05, 0.1) is 16.8 Å². The first-order valence-corrected chi connectivity index (χ1v) is 7.32. The Kier molecular flexibility index (Phi) is 4.92. The van der Waals surface area contributed by atoms with Crippen LogP contribution < -0.4 is 5.32 Å². The molecule has 0 aliphatic heterocycles. The van der Waals surface area contributed by atoms with Crippen LogP contribution in [0.25, 0.3) is 0 Å². The van der Waals surface area contributed by atoms with E-state index in [-0.39, 0.29) is 11.1 Å². The lowest BCUT2D eigenvalue weighted by molar-refractivity contribution is -0.00616. The Morgan fingerprint density at radius 2 is 2.00 bits per heavy atom. The van der Waals surface area contributed by atoms with Crippen LogP contribution in [0.15, 0.2) is 5.38 Å². The maximum atomic E-state index is 5.55. The first-order valence-electron chi connectivity index (χ1n) is 6.44. The summed E-state index contributed by atoms with van der Waals surface area (Å²) in [7, 11) is 3.75. The van der Waals surface area contributed by atoms with Crippen molar-refractivity contribution in [2.45, 2.75) is 58.1 Å². The zero-order valence-electron chi connectivity index (χ0n) is 12.6. The SMILES string of the molecule is CNC(C)(CC(C)(C)OC)c1nc(C(C)C)cs1. The van der Waals surface area contributed by atoms with E-state index in [4.69, 9.17) is 9.72 Å². The summed E-state index contributed by atoms with van der Waals surface area (Å²) in [6.45, 7) is 10.8. The number of thiazole rings is 1. The van der Waals surface area contributed by atoms with Gasteiger partial charge in [-0.25, -0.2) is 4.98 Å². The molecule has 0 spiro atoms. The fourth-order valence-electron chi connectivity index (χ4n) is 2.00. The zero-order valence-corrected chi connectivity index (χ0v) is 13.4. The Labute approximate surface area is 115 Å². The van der Waals surface area contributed by atoms with Gasteiger partial charge in [0.15, 0.2) is 0 Å². The lowest BCUT2D eigenvalue weighted by atomic mass is 9.88. The minimum Gasteiger partial charge on any atom is -0.379 e. The average molecular weight is 270 g/mol. The highest BCUT2D eigenvalue weighted by Gasteiger charge is 2.35. The van der Waals surface area contributed by atoms with Crippen LogP contribution in [-0.2, 0) is 10.3 Å². The summed E-state index contributed by atoms with van der Waals surface area (Å²) in [6.07, 6.45) is 0.887. The number of methoxy groups -OCH3 is 1. The van der Waals surface area contributed by atoms with E-state index in [0.717, 1.165) is 11.4 Å².